The molecule has 6 N–H and O–H groups in total. The maximum Gasteiger partial charge on any atom is 0.320 e. The number of carbonyl (C=O) groups excluding carboxylic acids is 2. The van der Waals surface area contributed by atoms with Crippen LogP contribution in [0.5, 0.6) is 17.2 Å². The number of methoxy groups -OCH3 is 1. The minimum Gasteiger partial charge on any atom is -0.496 e. The second kappa shape index (κ2) is 14.2. The summed E-state index contributed by atoms with van der Waals surface area (Å²) in [7, 11) is -2.66. The van der Waals surface area contributed by atoms with Crippen molar-refractivity contribution in [2.75, 3.05) is 12.4 Å². The van der Waals surface area contributed by atoms with Crippen LogP contribution in [0.25, 0.3) is 10.9 Å². The van der Waals surface area contributed by atoms with Crippen LogP contribution in [-0.4, -0.2) is 47.2 Å². The average molecular weight is 667 g/mol. The highest BCUT2D eigenvalue weighted by Crippen LogP contribution is 2.37. The van der Waals surface area contributed by atoms with Crippen molar-refractivity contribution in [1.29, 1.82) is 0 Å². The van der Waals surface area contributed by atoms with Crippen molar-refractivity contribution < 1.29 is 33.5 Å². The Hall–Kier alpha value is -4.68. The van der Waals surface area contributed by atoms with Crippen LogP contribution in [0.4, 0.5) is 10.5 Å². The molecule has 1 saturated carbocycles. The molecule has 13 nitrogen and oxygen atoms in total. The van der Waals surface area contributed by atoms with Gasteiger partial charge in [-0.3, -0.25) is 24.2 Å². The lowest BCUT2D eigenvalue weighted by Crippen LogP contribution is -2.42. The SMILES string of the molecule is COc1cc2nccc(Oc3ccc(NC(=O)NC4CC4)c(Cl)c3)c2cc1C(=O)NP(=O)(NCc1ccccc1)NC(C)C(=O)O. The van der Waals surface area contributed by atoms with Crippen LogP contribution >= 0.6 is 19.2 Å². The van der Waals surface area contributed by atoms with Gasteiger partial charge in [-0.1, -0.05) is 41.9 Å². The zero-order valence-electron chi connectivity index (χ0n) is 24.9. The number of pyridine rings is 1. The standard InChI is InChI=1S/C31H32ClN6O7P/c1-18(30(40)41)37-46(43,34-17-19-6-4-3-5-7-19)38-29(39)23-15-22-26(16-28(23)44-2)33-13-12-27(22)45-21-10-11-25(24(32)14-21)36-31(42)35-20-8-9-20/h3-7,10-16,18,20H,8-9,17H2,1-2H3,(H,40,41)(H2,35,36,42)(H3,34,37,38,39,43). The number of fused-ring (bicyclic) bond motifs is 1. The number of hydrogen-bond donors (Lipinski definition) is 6. The van der Waals surface area contributed by atoms with Gasteiger partial charge >= 0.3 is 19.6 Å². The van der Waals surface area contributed by atoms with E-state index in [-0.39, 0.29) is 35.0 Å². The van der Waals surface area contributed by atoms with Crippen LogP contribution in [0.15, 0.2) is 72.9 Å². The highest BCUT2D eigenvalue weighted by Gasteiger charge is 2.31. The third-order valence-corrected chi connectivity index (χ3v) is 9.14. The summed E-state index contributed by atoms with van der Waals surface area (Å²) in [6, 6.07) is 17.0. The van der Waals surface area contributed by atoms with E-state index >= 15 is 0 Å². The lowest BCUT2D eigenvalue weighted by atomic mass is 10.1. The topological polar surface area (TPSA) is 180 Å². The predicted octanol–water partition coefficient (Wildman–Crippen LogP) is 5.66. The van der Waals surface area contributed by atoms with E-state index in [1.165, 1.54) is 32.4 Å². The van der Waals surface area contributed by atoms with Crippen LogP contribution in [0, 0.1) is 0 Å². The van der Waals surface area contributed by atoms with E-state index in [1.54, 1.807) is 48.5 Å². The number of nitrogens with one attached hydrogen (secondary N) is 5. The summed E-state index contributed by atoms with van der Waals surface area (Å²) in [4.78, 5) is 41.7. The number of aromatic nitrogens is 1. The molecule has 1 aliphatic rings. The number of urea groups is 1. The van der Waals surface area contributed by atoms with Crippen molar-refractivity contribution in [3.8, 4) is 17.2 Å². The molecule has 1 heterocycles. The van der Waals surface area contributed by atoms with Crippen molar-refractivity contribution in [1.82, 2.24) is 25.6 Å². The zero-order chi connectivity index (χ0) is 32.8. The minimum absolute atomic E-state index is 0.00128. The number of hydrogen-bond acceptors (Lipinski definition) is 7. The molecule has 3 amide bonds. The van der Waals surface area contributed by atoms with Gasteiger partial charge < -0.3 is 25.2 Å². The van der Waals surface area contributed by atoms with Gasteiger partial charge in [0, 0.05) is 36.3 Å². The van der Waals surface area contributed by atoms with Crippen molar-refractivity contribution in [2.45, 2.75) is 38.4 Å². The molecule has 0 bridgehead atoms. The fourth-order valence-electron chi connectivity index (χ4n) is 4.39. The molecule has 3 aromatic carbocycles. The normalized spacial score (nSPS) is 14.5. The van der Waals surface area contributed by atoms with Crippen molar-refractivity contribution in [2.24, 2.45) is 0 Å². The van der Waals surface area contributed by atoms with Gasteiger partial charge in [0.05, 0.1) is 28.9 Å². The maximum absolute atomic E-state index is 13.9. The van der Waals surface area contributed by atoms with Gasteiger partial charge in [-0.15, -0.1) is 0 Å². The van der Waals surface area contributed by atoms with Gasteiger partial charge in [0.1, 0.15) is 23.3 Å². The predicted molar refractivity (Wildman–Crippen MR) is 174 cm³/mol. The number of halogens is 1. The first-order valence-electron chi connectivity index (χ1n) is 14.3. The summed E-state index contributed by atoms with van der Waals surface area (Å²) < 4.78 is 25.5. The Morgan fingerprint density at radius 2 is 1.83 bits per heavy atom. The summed E-state index contributed by atoms with van der Waals surface area (Å²) in [5.74, 6) is -1.23. The molecule has 0 saturated heterocycles. The lowest BCUT2D eigenvalue weighted by molar-refractivity contribution is -0.138. The molecule has 1 aromatic heterocycles. The van der Waals surface area contributed by atoms with E-state index in [0.29, 0.717) is 28.1 Å². The molecule has 0 aliphatic heterocycles. The number of rotatable bonds is 13. The van der Waals surface area contributed by atoms with E-state index in [0.717, 1.165) is 18.4 Å². The van der Waals surface area contributed by atoms with E-state index < -0.39 is 25.5 Å². The Balaban J connectivity index is 1.40. The summed E-state index contributed by atoms with van der Waals surface area (Å²) >= 11 is 6.42. The van der Waals surface area contributed by atoms with Crippen LogP contribution in [-0.2, 0) is 15.9 Å². The largest absolute Gasteiger partial charge is 0.496 e. The van der Waals surface area contributed by atoms with E-state index in [4.69, 9.17) is 21.1 Å². The second-order valence-corrected chi connectivity index (χ2v) is 13.0. The van der Waals surface area contributed by atoms with Gasteiger partial charge in [-0.25, -0.2) is 15.0 Å². The van der Waals surface area contributed by atoms with Crippen LogP contribution in [0.3, 0.4) is 0 Å². The van der Waals surface area contributed by atoms with Crippen LogP contribution < -0.4 is 35.4 Å². The lowest BCUT2D eigenvalue weighted by Gasteiger charge is -2.24. The fraction of sp³-hybridized carbons (Fsp3) is 0.226. The molecule has 5 rings (SSSR count). The number of carboxylic acids is 1. The van der Waals surface area contributed by atoms with E-state index in [9.17, 15) is 24.1 Å². The Bertz CT molecular complexity index is 1820. The first kappa shape index (κ1) is 32.7. The number of nitrogens with zero attached hydrogens (tertiary/aromatic N) is 1. The number of amides is 3. The summed E-state index contributed by atoms with van der Waals surface area (Å²) in [5, 5.41) is 23.4. The molecule has 240 valence electrons. The maximum atomic E-state index is 13.9. The molecule has 0 radical (unpaired) electrons. The van der Waals surface area contributed by atoms with Gasteiger partial charge in [0.2, 0.25) is 0 Å². The number of carboxylic acid groups (broad SMARTS) is 1. The molecule has 1 fully saturated rings. The smallest absolute Gasteiger partial charge is 0.320 e. The Kier molecular flexibility index (Phi) is 10.1. The number of aliphatic carboxylic acids is 1. The molecule has 2 unspecified atom stereocenters. The number of benzene rings is 3. The number of ether oxygens (including phenoxy) is 2. The highest BCUT2D eigenvalue weighted by molar-refractivity contribution is 7.58. The molecular formula is C31H32ClN6O7P. The average Bonchev–Trinajstić information content (AvgIpc) is 3.85. The number of anilines is 1. The highest BCUT2D eigenvalue weighted by atomic mass is 35.5. The molecular weight excluding hydrogens is 635 g/mol. The second-order valence-electron chi connectivity index (χ2n) is 10.6. The van der Waals surface area contributed by atoms with Crippen molar-refractivity contribution in [3.63, 3.8) is 0 Å². The Morgan fingerprint density at radius 1 is 1.07 bits per heavy atom. The first-order chi connectivity index (χ1) is 22.0. The van der Waals surface area contributed by atoms with E-state index in [1.807, 2.05) is 6.07 Å². The summed E-state index contributed by atoms with van der Waals surface area (Å²) in [5.41, 5.74) is 1.61. The summed E-state index contributed by atoms with van der Waals surface area (Å²) in [6.07, 6.45) is 3.43. The monoisotopic (exact) mass is 666 g/mol. The molecule has 15 heteroatoms. The number of carbonyl (C=O) groups is 3. The third-order valence-electron chi connectivity index (χ3n) is 6.95. The molecule has 1 aliphatic carbocycles. The zero-order valence-corrected chi connectivity index (χ0v) is 26.5. The fourth-order valence-corrected chi connectivity index (χ4v) is 6.31. The van der Waals surface area contributed by atoms with Crippen LogP contribution in [0.1, 0.15) is 35.7 Å². The van der Waals surface area contributed by atoms with Crippen LogP contribution in [0.2, 0.25) is 5.02 Å². The third kappa shape index (κ3) is 8.32. The molecule has 4 aromatic rings. The molecule has 2 atom stereocenters. The van der Waals surface area contributed by atoms with Gasteiger partial charge in [0.25, 0.3) is 5.91 Å². The molecule has 46 heavy (non-hydrogen) atoms. The minimum atomic E-state index is -4.03. The van der Waals surface area contributed by atoms with Crippen molar-refractivity contribution >= 4 is 53.7 Å². The summed E-state index contributed by atoms with van der Waals surface area (Å²) in [6.45, 7) is 1.39. The van der Waals surface area contributed by atoms with E-state index in [2.05, 4.69) is 30.9 Å². The first-order valence-corrected chi connectivity index (χ1v) is 16.4. The Labute approximate surface area is 269 Å². The Morgan fingerprint density at radius 3 is 2.50 bits per heavy atom. The van der Waals surface area contributed by atoms with Gasteiger partial charge in [-0.05, 0) is 49.6 Å². The van der Waals surface area contributed by atoms with Gasteiger partial charge in [0.15, 0.2) is 0 Å². The van der Waals surface area contributed by atoms with Crippen molar-refractivity contribution in [3.05, 3.63) is 89.1 Å². The van der Waals surface area contributed by atoms with Gasteiger partial charge in [-0.2, -0.15) is 0 Å². The quantitative estimate of drug-likeness (QED) is 0.0975. The molecule has 0 spiro atoms.